The molecule has 1 atom stereocenters. The molecule has 1 aliphatic rings. The lowest BCUT2D eigenvalue weighted by atomic mass is 10.2. The third-order valence-electron chi connectivity index (χ3n) is 2.90. The van der Waals surface area contributed by atoms with E-state index in [4.69, 9.17) is 4.42 Å². The molecule has 0 bridgehead atoms. The van der Waals surface area contributed by atoms with E-state index >= 15 is 0 Å². The number of piperazine rings is 1. The molecule has 1 N–H and O–H groups in total. The molecule has 0 saturated carbocycles. The van der Waals surface area contributed by atoms with Gasteiger partial charge in [-0.1, -0.05) is 6.92 Å². The smallest absolute Gasteiger partial charge is 0.118 e. The van der Waals surface area contributed by atoms with Crippen molar-refractivity contribution in [2.45, 2.75) is 32.9 Å². The lowest BCUT2D eigenvalue weighted by Crippen LogP contribution is -2.48. The van der Waals surface area contributed by atoms with Gasteiger partial charge in [0, 0.05) is 32.1 Å². The summed E-state index contributed by atoms with van der Waals surface area (Å²) in [4.78, 5) is 2.44. The highest BCUT2D eigenvalue weighted by molar-refractivity contribution is 5.07. The Morgan fingerprint density at radius 3 is 2.93 bits per heavy atom. The van der Waals surface area contributed by atoms with Crippen LogP contribution in [0.15, 0.2) is 16.5 Å². The van der Waals surface area contributed by atoms with E-state index < -0.39 is 0 Å². The minimum Gasteiger partial charge on any atom is -0.465 e. The van der Waals surface area contributed by atoms with Crippen molar-refractivity contribution >= 4 is 0 Å². The lowest BCUT2D eigenvalue weighted by molar-refractivity contribution is 0.185. The summed E-state index contributed by atoms with van der Waals surface area (Å²) in [7, 11) is 0. The van der Waals surface area contributed by atoms with Crippen LogP contribution in [0.5, 0.6) is 0 Å². The second kappa shape index (κ2) is 4.81. The molecule has 0 radical (unpaired) electrons. The van der Waals surface area contributed by atoms with E-state index in [1.54, 1.807) is 0 Å². The maximum atomic E-state index is 5.71. The Hall–Kier alpha value is -0.800. The van der Waals surface area contributed by atoms with Gasteiger partial charge in [0.1, 0.15) is 11.5 Å². The first-order chi connectivity index (χ1) is 7.28. The molecular weight excluding hydrogens is 188 g/mol. The molecule has 0 aliphatic carbocycles. The highest BCUT2D eigenvalue weighted by Gasteiger charge is 2.16. The van der Waals surface area contributed by atoms with Crippen LogP contribution in [0.1, 0.15) is 25.4 Å². The molecule has 1 aromatic rings. The maximum absolute atomic E-state index is 5.71. The molecule has 3 nitrogen and oxygen atoms in total. The summed E-state index contributed by atoms with van der Waals surface area (Å²) in [6.07, 6.45) is 0.984. The van der Waals surface area contributed by atoms with Gasteiger partial charge in [-0.3, -0.25) is 4.90 Å². The zero-order valence-electron chi connectivity index (χ0n) is 9.62. The molecule has 0 unspecified atom stereocenters. The third-order valence-corrected chi connectivity index (χ3v) is 2.90. The Morgan fingerprint density at radius 2 is 2.27 bits per heavy atom. The molecular formula is C12H20N2O. The minimum absolute atomic E-state index is 0.597. The van der Waals surface area contributed by atoms with Gasteiger partial charge in [0.15, 0.2) is 0 Å². The average Bonchev–Trinajstić information content (AvgIpc) is 2.65. The number of aryl methyl sites for hydroxylation is 1. The summed E-state index contributed by atoms with van der Waals surface area (Å²) >= 11 is 0. The molecule has 1 saturated heterocycles. The zero-order chi connectivity index (χ0) is 10.7. The monoisotopic (exact) mass is 208 g/mol. The van der Waals surface area contributed by atoms with Crippen LogP contribution in [0, 0.1) is 0 Å². The Bertz CT molecular complexity index is 308. The quantitative estimate of drug-likeness (QED) is 0.818. The Balaban J connectivity index is 1.90. The van der Waals surface area contributed by atoms with Crippen molar-refractivity contribution in [1.29, 1.82) is 0 Å². The number of nitrogens with zero attached hydrogens (tertiary/aromatic N) is 1. The van der Waals surface area contributed by atoms with Crippen molar-refractivity contribution < 1.29 is 4.42 Å². The molecule has 0 amide bonds. The predicted molar refractivity (Wildman–Crippen MR) is 60.8 cm³/mol. The van der Waals surface area contributed by atoms with Crippen LogP contribution < -0.4 is 5.32 Å². The molecule has 1 aliphatic heterocycles. The van der Waals surface area contributed by atoms with Crippen LogP contribution in [0.3, 0.4) is 0 Å². The van der Waals surface area contributed by atoms with E-state index in [1.807, 2.05) is 0 Å². The van der Waals surface area contributed by atoms with Crippen molar-refractivity contribution in [3.05, 3.63) is 23.7 Å². The topological polar surface area (TPSA) is 28.4 Å². The lowest BCUT2D eigenvalue weighted by Gasteiger charge is -2.31. The van der Waals surface area contributed by atoms with E-state index in [-0.39, 0.29) is 0 Å². The summed E-state index contributed by atoms with van der Waals surface area (Å²) in [5.41, 5.74) is 0. The minimum atomic E-state index is 0.597. The average molecular weight is 208 g/mol. The first-order valence-corrected chi connectivity index (χ1v) is 5.81. The van der Waals surface area contributed by atoms with Gasteiger partial charge in [-0.2, -0.15) is 0 Å². The van der Waals surface area contributed by atoms with Gasteiger partial charge in [0.25, 0.3) is 0 Å². The molecule has 0 aromatic carbocycles. The van der Waals surface area contributed by atoms with Crippen molar-refractivity contribution in [2.75, 3.05) is 19.6 Å². The zero-order valence-corrected chi connectivity index (χ0v) is 9.62. The standard InChI is InChI=1S/C12H20N2O/c1-3-11-4-5-12(15-11)9-14-7-6-13-10(2)8-14/h4-5,10,13H,3,6-9H2,1-2H3/t10-/m1/s1. The van der Waals surface area contributed by atoms with Crippen molar-refractivity contribution in [3.8, 4) is 0 Å². The van der Waals surface area contributed by atoms with Gasteiger partial charge in [0.2, 0.25) is 0 Å². The molecule has 3 heteroatoms. The molecule has 15 heavy (non-hydrogen) atoms. The van der Waals surface area contributed by atoms with Gasteiger partial charge >= 0.3 is 0 Å². The van der Waals surface area contributed by atoms with Crippen LogP contribution in [0.25, 0.3) is 0 Å². The largest absolute Gasteiger partial charge is 0.465 e. The molecule has 0 spiro atoms. The van der Waals surface area contributed by atoms with Crippen molar-refractivity contribution in [2.24, 2.45) is 0 Å². The second-order valence-corrected chi connectivity index (χ2v) is 4.31. The SMILES string of the molecule is CCc1ccc(CN2CCN[C@H](C)C2)o1. The van der Waals surface area contributed by atoms with Gasteiger partial charge < -0.3 is 9.73 Å². The van der Waals surface area contributed by atoms with Gasteiger partial charge in [-0.15, -0.1) is 0 Å². The van der Waals surface area contributed by atoms with Crippen LogP contribution in [0.2, 0.25) is 0 Å². The third kappa shape index (κ3) is 2.83. The molecule has 1 fully saturated rings. The van der Waals surface area contributed by atoms with Crippen LogP contribution >= 0.6 is 0 Å². The van der Waals surface area contributed by atoms with Gasteiger partial charge in [0.05, 0.1) is 6.54 Å². The number of nitrogens with one attached hydrogen (secondary N) is 1. The van der Waals surface area contributed by atoms with Gasteiger partial charge in [-0.25, -0.2) is 0 Å². The fourth-order valence-electron chi connectivity index (χ4n) is 2.07. The molecule has 2 heterocycles. The van der Waals surface area contributed by atoms with E-state index in [9.17, 15) is 0 Å². The number of rotatable bonds is 3. The van der Waals surface area contributed by atoms with E-state index in [2.05, 4.69) is 36.2 Å². The first kappa shape index (κ1) is 10.7. The summed E-state index contributed by atoms with van der Waals surface area (Å²) in [5.74, 6) is 2.19. The second-order valence-electron chi connectivity index (χ2n) is 4.31. The van der Waals surface area contributed by atoms with E-state index in [1.165, 1.54) is 0 Å². The summed E-state index contributed by atoms with van der Waals surface area (Å²) in [6, 6.07) is 4.78. The van der Waals surface area contributed by atoms with Gasteiger partial charge in [-0.05, 0) is 19.1 Å². The van der Waals surface area contributed by atoms with E-state index in [0.29, 0.717) is 6.04 Å². The number of hydrogen-bond donors (Lipinski definition) is 1. The van der Waals surface area contributed by atoms with Crippen LogP contribution in [-0.4, -0.2) is 30.6 Å². The highest BCUT2D eigenvalue weighted by Crippen LogP contribution is 2.12. The van der Waals surface area contributed by atoms with Crippen LogP contribution in [-0.2, 0) is 13.0 Å². The van der Waals surface area contributed by atoms with Crippen molar-refractivity contribution in [3.63, 3.8) is 0 Å². The summed E-state index contributed by atoms with van der Waals surface area (Å²) < 4.78 is 5.71. The first-order valence-electron chi connectivity index (χ1n) is 5.81. The molecule has 1 aromatic heterocycles. The fraction of sp³-hybridized carbons (Fsp3) is 0.667. The normalized spacial score (nSPS) is 23.2. The highest BCUT2D eigenvalue weighted by atomic mass is 16.3. The van der Waals surface area contributed by atoms with Crippen molar-refractivity contribution in [1.82, 2.24) is 10.2 Å². The fourth-order valence-corrected chi connectivity index (χ4v) is 2.07. The summed E-state index contributed by atoms with van der Waals surface area (Å²) in [6.45, 7) is 8.62. The Kier molecular flexibility index (Phi) is 3.44. The Morgan fingerprint density at radius 1 is 1.47 bits per heavy atom. The Labute approximate surface area is 91.4 Å². The molecule has 2 rings (SSSR count). The number of hydrogen-bond acceptors (Lipinski definition) is 3. The molecule has 84 valence electrons. The number of furan rings is 1. The predicted octanol–water partition coefficient (Wildman–Crippen LogP) is 1.64. The summed E-state index contributed by atoms with van der Waals surface area (Å²) in [5, 5.41) is 3.44. The maximum Gasteiger partial charge on any atom is 0.118 e. The van der Waals surface area contributed by atoms with Crippen LogP contribution in [0.4, 0.5) is 0 Å². The van der Waals surface area contributed by atoms with E-state index in [0.717, 1.165) is 44.1 Å².